The average molecular weight is 250 g/mol. The van der Waals surface area contributed by atoms with Gasteiger partial charge in [0.1, 0.15) is 0 Å². The summed E-state index contributed by atoms with van der Waals surface area (Å²) in [4.78, 5) is 25.0. The van der Waals surface area contributed by atoms with E-state index < -0.39 is 11.7 Å². The summed E-state index contributed by atoms with van der Waals surface area (Å²) in [7, 11) is 0. The maximum absolute atomic E-state index is 12.6. The Kier molecular flexibility index (Phi) is 1.90. The Hall–Kier alpha value is -2.26. The molecular weight excluding hydrogens is 240 g/mol. The number of benzene rings is 2. The fourth-order valence-corrected chi connectivity index (χ4v) is 2.84. The number of fused-ring (bicyclic) bond motifs is 2. The summed E-state index contributed by atoms with van der Waals surface area (Å²) >= 11 is 0. The molecule has 2 aromatic rings. The van der Waals surface area contributed by atoms with Crippen molar-refractivity contribution in [2.45, 2.75) is 11.7 Å². The summed E-state index contributed by atoms with van der Waals surface area (Å²) in [5.74, 6) is -0.210. The van der Waals surface area contributed by atoms with Gasteiger partial charge in [-0.1, -0.05) is 54.6 Å². The Morgan fingerprint density at radius 1 is 0.842 bits per heavy atom. The van der Waals surface area contributed by atoms with Gasteiger partial charge >= 0.3 is 0 Å². The van der Waals surface area contributed by atoms with Crippen LogP contribution in [0.1, 0.15) is 26.3 Å². The molecule has 1 fully saturated rings. The lowest BCUT2D eigenvalue weighted by Crippen LogP contribution is -2.34. The number of carbonyl (C=O) groups excluding carboxylic acids is 2. The summed E-state index contributed by atoms with van der Waals surface area (Å²) in [6.45, 7) is 0. The number of ether oxygens (including phenoxy) is 1. The zero-order valence-corrected chi connectivity index (χ0v) is 10.00. The molecular formula is C16H10O3. The van der Waals surface area contributed by atoms with E-state index in [1.165, 1.54) is 0 Å². The number of ketones is 2. The minimum absolute atomic E-state index is 0.0981. The topological polar surface area (TPSA) is 46.7 Å². The molecule has 2 aliphatic rings. The van der Waals surface area contributed by atoms with E-state index >= 15 is 0 Å². The van der Waals surface area contributed by atoms with Crippen molar-refractivity contribution in [1.29, 1.82) is 0 Å². The second kappa shape index (κ2) is 3.39. The first kappa shape index (κ1) is 10.6. The fourth-order valence-electron chi connectivity index (χ4n) is 2.84. The molecule has 1 aliphatic carbocycles. The van der Waals surface area contributed by atoms with Gasteiger partial charge in [-0.2, -0.15) is 0 Å². The van der Waals surface area contributed by atoms with Gasteiger partial charge in [-0.25, -0.2) is 0 Å². The zero-order valence-electron chi connectivity index (χ0n) is 10.00. The lowest BCUT2D eigenvalue weighted by Gasteiger charge is -2.18. The van der Waals surface area contributed by atoms with Gasteiger partial charge in [0.05, 0.1) is 0 Å². The van der Waals surface area contributed by atoms with Crippen molar-refractivity contribution in [3.8, 4) is 0 Å². The minimum atomic E-state index is -1.08. The van der Waals surface area contributed by atoms with E-state index in [-0.39, 0.29) is 11.6 Å². The molecule has 3 heteroatoms. The van der Waals surface area contributed by atoms with Crippen molar-refractivity contribution < 1.29 is 14.3 Å². The van der Waals surface area contributed by atoms with Crippen LogP contribution in [0.5, 0.6) is 0 Å². The SMILES string of the molecule is O=C1c2ccccc2C(=O)[C@@]2(c3ccccc3)O[C@@H]12. The first-order chi connectivity index (χ1) is 9.25. The molecule has 92 valence electrons. The van der Waals surface area contributed by atoms with Gasteiger partial charge in [-0.15, -0.1) is 0 Å². The molecule has 19 heavy (non-hydrogen) atoms. The van der Waals surface area contributed by atoms with Gasteiger partial charge in [-0.3, -0.25) is 9.59 Å². The zero-order chi connectivity index (χ0) is 13.0. The van der Waals surface area contributed by atoms with Crippen LogP contribution in [0.2, 0.25) is 0 Å². The minimum Gasteiger partial charge on any atom is -0.343 e. The van der Waals surface area contributed by atoms with Crippen molar-refractivity contribution in [3.05, 3.63) is 71.3 Å². The van der Waals surface area contributed by atoms with E-state index in [1.54, 1.807) is 24.3 Å². The summed E-state index contributed by atoms with van der Waals surface area (Å²) in [6.07, 6.45) is -0.655. The smallest absolute Gasteiger partial charge is 0.203 e. The van der Waals surface area contributed by atoms with Gasteiger partial charge in [-0.05, 0) is 5.56 Å². The molecule has 2 atom stereocenters. The molecule has 2 aromatic carbocycles. The molecule has 0 N–H and O–H groups in total. The maximum Gasteiger partial charge on any atom is 0.203 e. The number of hydrogen-bond acceptors (Lipinski definition) is 3. The molecule has 0 amide bonds. The molecule has 3 nitrogen and oxygen atoms in total. The van der Waals surface area contributed by atoms with Gasteiger partial charge in [0, 0.05) is 11.1 Å². The Morgan fingerprint density at radius 2 is 1.47 bits per heavy atom. The van der Waals surface area contributed by atoms with Crippen LogP contribution in [0.4, 0.5) is 0 Å². The molecule has 0 unspecified atom stereocenters. The molecule has 1 saturated heterocycles. The predicted molar refractivity (Wildman–Crippen MR) is 68.1 cm³/mol. The first-order valence-electron chi connectivity index (χ1n) is 6.16. The normalized spacial score (nSPS) is 27.7. The number of hydrogen-bond donors (Lipinski definition) is 0. The highest BCUT2D eigenvalue weighted by atomic mass is 16.6. The molecule has 1 heterocycles. The molecule has 1 aliphatic heterocycles. The van der Waals surface area contributed by atoms with E-state index in [0.717, 1.165) is 5.56 Å². The Labute approximate surface area is 109 Å². The third-order valence-electron chi connectivity index (χ3n) is 3.83. The van der Waals surface area contributed by atoms with Crippen LogP contribution in [0.15, 0.2) is 54.6 Å². The molecule has 0 saturated carbocycles. The van der Waals surface area contributed by atoms with E-state index in [0.29, 0.717) is 11.1 Å². The summed E-state index contributed by atoms with van der Waals surface area (Å²) in [6, 6.07) is 16.2. The number of epoxide rings is 1. The highest BCUT2D eigenvalue weighted by molar-refractivity contribution is 6.22. The van der Waals surface area contributed by atoms with Gasteiger partial charge in [0.25, 0.3) is 0 Å². The van der Waals surface area contributed by atoms with Crippen LogP contribution >= 0.6 is 0 Å². The highest BCUT2D eigenvalue weighted by Gasteiger charge is 2.69. The summed E-state index contributed by atoms with van der Waals surface area (Å²) in [5, 5.41) is 0. The Balaban J connectivity index is 1.93. The monoisotopic (exact) mass is 250 g/mol. The van der Waals surface area contributed by atoms with Crippen molar-refractivity contribution in [2.24, 2.45) is 0 Å². The van der Waals surface area contributed by atoms with Crippen LogP contribution in [0.25, 0.3) is 0 Å². The van der Waals surface area contributed by atoms with Crippen LogP contribution in [0, 0.1) is 0 Å². The number of Topliss-reactive ketones (excluding diaryl/α,β-unsaturated/α-hetero) is 2. The van der Waals surface area contributed by atoms with Crippen molar-refractivity contribution in [2.75, 3.05) is 0 Å². The summed E-state index contributed by atoms with van der Waals surface area (Å²) in [5.41, 5.74) is 0.617. The van der Waals surface area contributed by atoms with Crippen LogP contribution in [0.3, 0.4) is 0 Å². The van der Waals surface area contributed by atoms with Crippen LogP contribution in [-0.2, 0) is 10.3 Å². The molecule has 0 bridgehead atoms. The van der Waals surface area contributed by atoms with E-state index in [9.17, 15) is 9.59 Å². The van der Waals surface area contributed by atoms with Crippen molar-refractivity contribution >= 4 is 11.6 Å². The lowest BCUT2D eigenvalue weighted by atomic mass is 9.78. The molecule has 0 spiro atoms. The first-order valence-corrected chi connectivity index (χ1v) is 6.16. The van der Waals surface area contributed by atoms with Crippen LogP contribution < -0.4 is 0 Å². The standard InChI is InChI=1S/C16H10O3/c17-13-11-8-4-5-9-12(11)14(18)16(15(13)19-16)10-6-2-1-3-7-10/h1-9,15H/t15-,16+/m0/s1. The third-order valence-corrected chi connectivity index (χ3v) is 3.83. The summed E-state index contributed by atoms with van der Waals surface area (Å²) < 4.78 is 5.56. The van der Waals surface area contributed by atoms with Crippen molar-refractivity contribution in [1.82, 2.24) is 0 Å². The second-order valence-electron chi connectivity index (χ2n) is 4.84. The fraction of sp³-hybridized carbons (Fsp3) is 0.125. The maximum atomic E-state index is 12.6. The Bertz CT molecular complexity index is 705. The molecule has 0 radical (unpaired) electrons. The molecule has 4 rings (SSSR count). The van der Waals surface area contributed by atoms with Gasteiger partial charge in [0.15, 0.2) is 17.5 Å². The largest absolute Gasteiger partial charge is 0.343 e. The number of carbonyl (C=O) groups is 2. The van der Waals surface area contributed by atoms with E-state index in [1.807, 2.05) is 30.3 Å². The predicted octanol–water partition coefficient (Wildman–Crippen LogP) is 2.36. The number of rotatable bonds is 1. The third kappa shape index (κ3) is 1.20. The van der Waals surface area contributed by atoms with Gasteiger partial charge < -0.3 is 4.74 Å². The van der Waals surface area contributed by atoms with Gasteiger partial charge in [0.2, 0.25) is 5.78 Å². The second-order valence-corrected chi connectivity index (χ2v) is 4.84. The highest BCUT2D eigenvalue weighted by Crippen LogP contribution is 2.53. The lowest BCUT2D eigenvalue weighted by molar-refractivity contribution is 0.0859. The van der Waals surface area contributed by atoms with Crippen molar-refractivity contribution in [3.63, 3.8) is 0 Å². The molecule has 0 aromatic heterocycles. The van der Waals surface area contributed by atoms with Crippen LogP contribution in [-0.4, -0.2) is 17.7 Å². The Morgan fingerprint density at radius 3 is 2.21 bits per heavy atom. The quantitative estimate of drug-likeness (QED) is 0.730. The van der Waals surface area contributed by atoms with E-state index in [4.69, 9.17) is 4.74 Å². The van der Waals surface area contributed by atoms with E-state index in [2.05, 4.69) is 0 Å². The average Bonchev–Trinajstić information content (AvgIpc) is 3.23.